The summed E-state index contributed by atoms with van der Waals surface area (Å²) >= 11 is 0. The summed E-state index contributed by atoms with van der Waals surface area (Å²) in [5.74, 6) is 0. The summed E-state index contributed by atoms with van der Waals surface area (Å²) in [5.41, 5.74) is 0. The molecule has 2 rings (SSSR count). The van der Waals surface area contributed by atoms with Crippen molar-refractivity contribution in [3.05, 3.63) is 61.5 Å². The molecule has 2 aromatic rings. The number of nitrogens with zero attached hydrogens (tertiary/aromatic N) is 2. The molecule has 0 amide bonds. The van der Waals surface area contributed by atoms with Crippen LogP contribution in [0, 0.1) is 0 Å². The third-order valence-corrected chi connectivity index (χ3v) is 0.812. The predicted octanol–water partition coefficient (Wildman–Crippen LogP) is 3.69. The number of nitrogens with two attached hydrogens (primary N) is 4. The van der Waals surface area contributed by atoms with Crippen LogP contribution in [0.25, 0.3) is 24.6 Å². The Bertz CT molecular complexity index is 158. The first-order valence-electron chi connectivity index (χ1n) is 2.87. The van der Waals surface area contributed by atoms with Gasteiger partial charge in [0.15, 0.2) is 0 Å². The number of aromatic amines is 2. The van der Waals surface area contributed by atoms with Crippen LogP contribution in [0.15, 0.2) is 36.9 Å². The maximum absolute atomic E-state index is 3.60. The molecule has 0 aromatic carbocycles. The number of rotatable bonds is 0. The summed E-state index contributed by atoms with van der Waals surface area (Å²) in [6.45, 7) is 0. The molecule has 88 valence electrons. The molecular weight excluding hydrogens is 285 g/mol. The van der Waals surface area contributed by atoms with Crippen molar-refractivity contribution in [2.45, 2.75) is 0 Å². The molecule has 0 unspecified atom stereocenters. The minimum absolute atomic E-state index is 0. The molecule has 0 atom stereocenters. The van der Waals surface area contributed by atoms with Gasteiger partial charge in [-0.15, -0.1) is 0 Å². The Hall–Kier alpha value is -1.12. The summed E-state index contributed by atoms with van der Waals surface area (Å²) in [6.07, 6.45) is 6.92. The van der Waals surface area contributed by atoms with Crippen molar-refractivity contribution in [3.63, 3.8) is 0 Å². The summed E-state index contributed by atoms with van der Waals surface area (Å²) < 4.78 is 0. The van der Waals surface area contributed by atoms with Crippen LogP contribution in [0.5, 0.6) is 0 Å². The van der Waals surface area contributed by atoms with Crippen LogP contribution in [-0.2, 0) is 19.5 Å². The molecule has 2 heterocycles. The molecule has 0 aliphatic carbocycles. The monoisotopic (exact) mass is 302 g/mol. The van der Waals surface area contributed by atoms with Crippen molar-refractivity contribution in [2.24, 2.45) is 0 Å². The van der Waals surface area contributed by atoms with Gasteiger partial charge in [0.2, 0.25) is 0 Å². The van der Waals surface area contributed by atoms with Crippen LogP contribution >= 0.6 is 0 Å². The Morgan fingerprint density at radius 2 is 1.00 bits per heavy atom. The van der Waals surface area contributed by atoms with E-state index in [1.165, 1.54) is 0 Å². The Morgan fingerprint density at radius 3 is 1.07 bits per heavy atom. The zero-order valence-electron chi connectivity index (χ0n) is 8.02. The van der Waals surface area contributed by atoms with Crippen LogP contribution in [0.4, 0.5) is 0 Å². The van der Waals surface area contributed by atoms with Gasteiger partial charge >= 0.3 is 19.5 Å². The maximum Gasteiger partial charge on any atom is 4.00 e. The molecule has 0 radical (unpaired) electrons. The van der Waals surface area contributed by atoms with E-state index in [-0.39, 0.29) is 44.1 Å². The van der Waals surface area contributed by atoms with Gasteiger partial charge in [0, 0.05) is 24.8 Å². The van der Waals surface area contributed by atoms with Crippen molar-refractivity contribution >= 4 is 0 Å². The summed E-state index contributed by atoms with van der Waals surface area (Å²) in [6, 6.07) is 3.67. The average Bonchev–Trinajstić information content (AvgIpc) is 2.67. The summed E-state index contributed by atoms with van der Waals surface area (Å²) in [5, 5.41) is 12.4. The average molecular weight is 301 g/mol. The molecule has 15 heavy (non-hydrogen) atoms. The Balaban J connectivity index is -0.0000000333. The van der Waals surface area contributed by atoms with E-state index >= 15 is 0 Å². The fourth-order valence-corrected chi connectivity index (χ4v) is 0.430. The van der Waals surface area contributed by atoms with Crippen LogP contribution < -0.4 is 0 Å². The van der Waals surface area contributed by atoms with Gasteiger partial charge < -0.3 is 24.6 Å². The third kappa shape index (κ3) is 19.3. The minimum Gasteiger partial charge on any atom is -0.693 e. The van der Waals surface area contributed by atoms with Crippen molar-refractivity contribution < 1.29 is 19.5 Å². The zero-order chi connectivity index (χ0) is 7.07. The fourth-order valence-electron chi connectivity index (χ4n) is 0.430. The quantitative estimate of drug-likeness (QED) is 0.701. The second kappa shape index (κ2) is 23.1. The first-order valence-corrected chi connectivity index (χ1v) is 2.87. The van der Waals surface area contributed by atoms with Gasteiger partial charge in [-0.05, 0) is 12.1 Å². The van der Waals surface area contributed by atoms with E-state index in [2.05, 4.69) is 20.4 Å². The molecule has 9 heteroatoms. The van der Waals surface area contributed by atoms with Gasteiger partial charge in [0.25, 0.3) is 0 Å². The Kier molecular flexibility index (Phi) is 44.9. The number of H-pyrrole nitrogens is 2. The Morgan fingerprint density at radius 1 is 0.667 bits per heavy atom. The Labute approximate surface area is 102 Å². The third-order valence-electron chi connectivity index (χ3n) is 0.812. The van der Waals surface area contributed by atoms with Crippen LogP contribution in [0.3, 0.4) is 0 Å². The molecule has 0 saturated carbocycles. The molecule has 10 N–H and O–H groups in total. The fraction of sp³-hybridized carbons (Fsp3) is 0. The van der Waals surface area contributed by atoms with E-state index in [9.17, 15) is 0 Å². The number of aromatic nitrogens is 4. The molecule has 0 aliphatic heterocycles. The smallest absolute Gasteiger partial charge is 0.693 e. The van der Waals surface area contributed by atoms with Gasteiger partial charge in [-0.2, -0.15) is 10.2 Å². The van der Waals surface area contributed by atoms with E-state index < -0.39 is 0 Å². The first kappa shape index (κ1) is 29.2. The topological polar surface area (TPSA) is 191 Å². The zero-order valence-corrected chi connectivity index (χ0v) is 9.76. The van der Waals surface area contributed by atoms with E-state index in [0.29, 0.717) is 0 Å². The van der Waals surface area contributed by atoms with Crippen molar-refractivity contribution in [1.82, 2.24) is 20.4 Å². The molecule has 0 saturated heterocycles. The molecule has 8 nitrogen and oxygen atoms in total. The first-order chi connectivity index (χ1) is 5.00. The van der Waals surface area contributed by atoms with E-state index in [4.69, 9.17) is 0 Å². The number of nitrogens with one attached hydrogen (secondary N) is 2. The normalized spacial score (nSPS) is 5.33. The molecular formula is C6H16N8Ru. The van der Waals surface area contributed by atoms with Gasteiger partial charge in [-0.25, -0.2) is 0 Å². The molecule has 0 spiro atoms. The van der Waals surface area contributed by atoms with Crippen molar-refractivity contribution in [1.29, 1.82) is 0 Å². The SMILES string of the molecule is [NH2-].[NH2-].[NH2-].[NH2-].[Ru+4].c1cn[nH]c1.c1cn[nH]c1. The predicted molar refractivity (Wildman–Crippen MR) is 58.3 cm³/mol. The van der Waals surface area contributed by atoms with Crippen molar-refractivity contribution in [3.8, 4) is 0 Å². The van der Waals surface area contributed by atoms with E-state index in [0.717, 1.165) is 0 Å². The second-order valence-corrected chi connectivity index (χ2v) is 1.53. The standard InChI is InChI=1S/2C3H4N2.4H2N.Ru/c2*1-2-4-5-3-1;;;;;/h2*1-3H,(H,4,5);4*1H2;/q;;4*-1;+4. The van der Waals surface area contributed by atoms with Gasteiger partial charge in [0.05, 0.1) is 0 Å². The van der Waals surface area contributed by atoms with Crippen LogP contribution in [0.2, 0.25) is 0 Å². The number of hydrogen-bond donors (Lipinski definition) is 2. The van der Waals surface area contributed by atoms with E-state index in [1.807, 2.05) is 12.1 Å². The molecule has 0 aliphatic rings. The maximum atomic E-state index is 3.60. The van der Waals surface area contributed by atoms with Crippen LogP contribution in [-0.4, -0.2) is 20.4 Å². The van der Waals surface area contributed by atoms with Crippen LogP contribution in [0.1, 0.15) is 0 Å². The largest absolute Gasteiger partial charge is 4.00 e. The van der Waals surface area contributed by atoms with Gasteiger partial charge in [-0.1, -0.05) is 0 Å². The van der Waals surface area contributed by atoms with Gasteiger partial charge in [-0.3, -0.25) is 10.2 Å². The molecule has 0 bridgehead atoms. The van der Waals surface area contributed by atoms with E-state index in [1.54, 1.807) is 24.8 Å². The molecule has 2 aromatic heterocycles. The minimum atomic E-state index is 0. The molecule has 0 fully saturated rings. The number of hydrogen-bond acceptors (Lipinski definition) is 2. The van der Waals surface area contributed by atoms with Gasteiger partial charge in [0.1, 0.15) is 0 Å². The summed E-state index contributed by atoms with van der Waals surface area (Å²) in [7, 11) is 0. The summed E-state index contributed by atoms with van der Waals surface area (Å²) in [4.78, 5) is 0. The van der Waals surface area contributed by atoms with Crippen molar-refractivity contribution in [2.75, 3.05) is 0 Å². The second-order valence-electron chi connectivity index (χ2n) is 1.53.